The number of carbonyl (C=O) groups excluding carboxylic acids is 1. The number of nitro groups is 1. The average Bonchev–Trinajstić information content (AvgIpc) is 3.16. The van der Waals surface area contributed by atoms with E-state index in [1.54, 1.807) is 24.4 Å². The number of rotatable bonds is 6. The van der Waals surface area contributed by atoms with Gasteiger partial charge in [0.25, 0.3) is 11.6 Å². The number of nitrogens with one attached hydrogen (secondary N) is 1. The lowest BCUT2D eigenvalue weighted by molar-refractivity contribution is -0.384. The zero-order valence-corrected chi connectivity index (χ0v) is 14.8. The molecule has 26 heavy (non-hydrogen) atoms. The normalized spacial score (nSPS) is 15.0. The van der Waals surface area contributed by atoms with Gasteiger partial charge in [0.1, 0.15) is 0 Å². The van der Waals surface area contributed by atoms with Gasteiger partial charge in [0, 0.05) is 30.9 Å². The molecular weight excluding hydrogens is 334 g/mol. The first-order valence-electron chi connectivity index (χ1n) is 8.92. The van der Waals surface area contributed by atoms with Crippen LogP contribution >= 0.6 is 0 Å². The first kappa shape index (κ1) is 18.1. The molecule has 1 aromatic heterocycles. The van der Waals surface area contributed by atoms with Crippen LogP contribution in [0.4, 0.5) is 5.69 Å². The van der Waals surface area contributed by atoms with E-state index in [2.05, 4.69) is 17.3 Å². The Labute approximate surface area is 151 Å². The fraction of sp³-hybridized carbons (Fsp3) is 0.444. The van der Waals surface area contributed by atoms with Crippen molar-refractivity contribution in [2.45, 2.75) is 32.2 Å². The first-order valence-corrected chi connectivity index (χ1v) is 8.92. The van der Waals surface area contributed by atoms with Crippen molar-refractivity contribution in [2.75, 3.05) is 19.6 Å². The highest BCUT2D eigenvalue weighted by Gasteiger charge is 2.27. The molecule has 8 nitrogen and oxygen atoms in total. The van der Waals surface area contributed by atoms with Crippen molar-refractivity contribution in [3.8, 4) is 5.69 Å². The van der Waals surface area contributed by atoms with Crippen molar-refractivity contribution in [1.82, 2.24) is 20.0 Å². The molecule has 1 N–H and O–H groups in total. The van der Waals surface area contributed by atoms with Gasteiger partial charge in [-0.2, -0.15) is 5.10 Å². The molecule has 1 amide bonds. The van der Waals surface area contributed by atoms with Crippen LogP contribution in [0.5, 0.6) is 0 Å². The largest absolute Gasteiger partial charge is 0.334 e. The minimum absolute atomic E-state index is 0.00630. The summed E-state index contributed by atoms with van der Waals surface area (Å²) in [6.07, 6.45) is 4.44. The van der Waals surface area contributed by atoms with Gasteiger partial charge >= 0.3 is 0 Å². The Morgan fingerprint density at radius 1 is 1.38 bits per heavy atom. The molecular formula is C18H23N5O3. The molecule has 0 spiro atoms. The maximum atomic E-state index is 13.0. The maximum Gasteiger partial charge on any atom is 0.274 e. The van der Waals surface area contributed by atoms with Crippen molar-refractivity contribution >= 4 is 11.6 Å². The highest BCUT2D eigenvalue weighted by atomic mass is 16.6. The molecule has 0 unspecified atom stereocenters. The predicted molar refractivity (Wildman–Crippen MR) is 97.4 cm³/mol. The highest BCUT2D eigenvalue weighted by molar-refractivity contribution is 5.92. The molecule has 138 valence electrons. The maximum absolute atomic E-state index is 13.0. The van der Waals surface area contributed by atoms with Crippen molar-refractivity contribution < 1.29 is 9.72 Å². The summed E-state index contributed by atoms with van der Waals surface area (Å²) in [6, 6.07) is 8.11. The quantitative estimate of drug-likeness (QED) is 0.633. The van der Waals surface area contributed by atoms with Crippen LogP contribution in [0, 0.1) is 10.1 Å². The van der Waals surface area contributed by atoms with Crippen LogP contribution in [0.2, 0.25) is 0 Å². The summed E-state index contributed by atoms with van der Waals surface area (Å²) in [5, 5.41) is 18.6. The highest BCUT2D eigenvalue weighted by Crippen LogP contribution is 2.19. The minimum Gasteiger partial charge on any atom is -0.334 e. The lowest BCUT2D eigenvalue weighted by atomic mass is 10.0. The number of aromatic nitrogens is 2. The van der Waals surface area contributed by atoms with E-state index in [1.807, 2.05) is 4.90 Å². The number of benzene rings is 1. The molecule has 2 heterocycles. The van der Waals surface area contributed by atoms with E-state index < -0.39 is 4.92 Å². The Bertz CT molecular complexity index is 783. The molecule has 3 rings (SSSR count). The van der Waals surface area contributed by atoms with Gasteiger partial charge in [0.05, 0.1) is 10.6 Å². The fourth-order valence-corrected chi connectivity index (χ4v) is 3.29. The molecule has 0 saturated carbocycles. The second-order valence-electron chi connectivity index (χ2n) is 6.40. The number of hydrogen-bond acceptors (Lipinski definition) is 5. The Morgan fingerprint density at radius 2 is 2.15 bits per heavy atom. The van der Waals surface area contributed by atoms with E-state index in [4.69, 9.17) is 0 Å². The second-order valence-corrected chi connectivity index (χ2v) is 6.40. The number of nitro benzene ring substituents is 1. The van der Waals surface area contributed by atoms with Crippen LogP contribution < -0.4 is 5.32 Å². The summed E-state index contributed by atoms with van der Waals surface area (Å²) < 4.78 is 1.51. The van der Waals surface area contributed by atoms with E-state index in [9.17, 15) is 14.9 Å². The molecule has 1 aliphatic heterocycles. The number of nitrogens with zero attached hydrogens (tertiary/aromatic N) is 4. The monoisotopic (exact) mass is 357 g/mol. The van der Waals surface area contributed by atoms with Crippen molar-refractivity contribution in [3.63, 3.8) is 0 Å². The summed E-state index contributed by atoms with van der Waals surface area (Å²) in [4.78, 5) is 25.4. The van der Waals surface area contributed by atoms with Crippen LogP contribution in [0.1, 0.15) is 36.7 Å². The van der Waals surface area contributed by atoms with Gasteiger partial charge in [-0.3, -0.25) is 14.9 Å². The lowest BCUT2D eigenvalue weighted by Crippen LogP contribution is -2.46. The smallest absolute Gasteiger partial charge is 0.274 e. The topological polar surface area (TPSA) is 93.3 Å². The van der Waals surface area contributed by atoms with Gasteiger partial charge < -0.3 is 10.2 Å². The van der Waals surface area contributed by atoms with Crippen molar-refractivity contribution in [3.05, 3.63) is 52.3 Å². The van der Waals surface area contributed by atoms with E-state index >= 15 is 0 Å². The van der Waals surface area contributed by atoms with E-state index in [0.29, 0.717) is 17.9 Å². The zero-order chi connectivity index (χ0) is 18.5. The van der Waals surface area contributed by atoms with Gasteiger partial charge in [0.2, 0.25) is 0 Å². The molecule has 2 aromatic rings. The summed E-state index contributed by atoms with van der Waals surface area (Å²) >= 11 is 0. The number of non-ortho nitro benzene ring substituents is 1. The van der Waals surface area contributed by atoms with E-state index in [0.717, 1.165) is 32.4 Å². The van der Waals surface area contributed by atoms with Crippen LogP contribution in [-0.2, 0) is 0 Å². The molecule has 1 aromatic carbocycles. The standard InChI is InChI=1S/C18H23N5O3/c1-2-11-21(14-6-9-19-10-7-14)18(24)17-8-12-22(20-17)15-4-3-5-16(13-15)23(25)26/h3-5,8,12-14,19H,2,6-7,9-11H2,1H3. The Balaban J connectivity index is 1.82. The predicted octanol–water partition coefficient (Wildman–Crippen LogP) is 2.38. The molecule has 0 aliphatic carbocycles. The zero-order valence-electron chi connectivity index (χ0n) is 14.8. The lowest BCUT2D eigenvalue weighted by Gasteiger charge is -2.34. The molecule has 1 aliphatic rings. The molecule has 0 radical (unpaired) electrons. The van der Waals surface area contributed by atoms with E-state index in [1.165, 1.54) is 16.8 Å². The van der Waals surface area contributed by atoms with Crippen LogP contribution in [0.25, 0.3) is 5.69 Å². The van der Waals surface area contributed by atoms with Gasteiger partial charge in [-0.25, -0.2) is 4.68 Å². The third-order valence-electron chi connectivity index (χ3n) is 4.59. The fourth-order valence-electron chi connectivity index (χ4n) is 3.29. The van der Waals surface area contributed by atoms with Gasteiger partial charge in [0.15, 0.2) is 5.69 Å². The third kappa shape index (κ3) is 3.91. The minimum atomic E-state index is -0.445. The first-order chi connectivity index (χ1) is 12.6. The molecule has 1 fully saturated rings. The van der Waals surface area contributed by atoms with Crippen molar-refractivity contribution in [2.24, 2.45) is 0 Å². The Kier molecular flexibility index (Phi) is 5.62. The van der Waals surface area contributed by atoms with Crippen LogP contribution in [0.15, 0.2) is 36.5 Å². The van der Waals surface area contributed by atoms with Gasteiger partial charge in [-0.1, -0.05) is 13.0 Å². The molecule has 0 atom stereocenters. The number of amides is 1. The Hall–Kier alpha value is -2.74. The number of hydrogen-bond donors (Lipinski definition) is 1. The third-order valence-corrected chi connectivity index (χ3v) is 4.59. The average molecular weight is 357 g/mol. The molecule has 1 saturated heterocycles. The van der Waals surface area contributed by atoms with Gasteiger partial charge in [-0.15, -0.1) is 0 Å². The SMILES string of the molecule is CCCN(C(=O)c1ccn(-c2cccc([N+](=O)[O-])c2)n1)C1CCNCC1. The number of carbonyl (C=O) groups is 1. The summed E-state index contributed by atoms with van der Waals surface area (Å²) in [7, 11) is 0. The summed E-state index contributed by atoms with van der Waals surface area (Å²) in [6.45, 7) is 4.59. The van der Waals surface area contributed by atoms with Crippen molar-refractivity contribution in [1.29, 1.82) is 0 Å². The second kappa shape index (κ2) is 8.09. The Morgan fingerprint density at radius 3 is 2.85 bits per heavy atom. The van der Waals surface area contributed by atoms with Crippen LogP contribution in [-0.4, -0.2) is 51.2 Å². The van der Waals surface area contributed by atoms with Gasteiger partial charge in [-0.05, 0) is 44.5 Å². The summed E-state index contributed by atoms with van der Waals surface area (Å²) in [5.41, 5.74) is 0.916. The van der Waals surface area contributed by atoms with Crippen LogP contribution in [0.3, 0.4) is 0 Å². The molecule has 0 bridgehead atoms. The van der Waals surface area contributed by atoms with E-state index in [-0.39, 0.29) is 17.6 Å². The summed E-state index contributed by atoms with van der Waals surface area (Å²) in [5.74, 6) is -0.0806. The molecule has 8 heteroatoms. The number of piperidine rings is 1.